The summed E-state index contributed by atoms with van der Waals surface area (Å²) in [6.45, 7) is 10.8. The molecule has 0 aliphatic carbocycles. The Morgan fingerprint density at radius 3 is 2.22 bits per heavy atom. The highest BCUT2D eigenvalue weighted by atomic mass is 16.5. The summed E-state index contributed by atoms with van der Waals surface area (Å²) in [5, 5.41) is 1.77. The number of primary amides is 1. The van der Waals surface area contributed by atoms with E-state index in [1.165, 1.54) is 0 Å². The number of rotatable bonds is 5. The highest BCUT2D eigenvalue weighted by molar-refractivity contribution is 5.99. The number of hydrogen-bond acceptors (Lipinski definition) is 4. The largest absolute Gasteiger partial charge is 0.462 e. The fourth-order valence-electron chi connectivity index (χ4n) is 0.605. The molecule has 0 heterocycles. The van der Waals surface area contributed by atoms with Gasteiger partial charge in [-0.1, -0.05) is 26.5 Å². The molecule has 0 aromatic carbocycles. The quantitative estimate of drug-likeness (QED) is 0.439. The Labute approximate surface area is 107 Å². The molecule has 0 aromatic rings. The topological polar surface area (TPSA) is 98.5 Å². The van der Waals surface area contributed by atoms with Gasteiger partial charge in [0.1, 0.15) is 0 Å². The lowest BCUT2D eigenvalue weighted by molar-refractivity contribution is -0.139. The van der Waals surface area contributed by atoms with E-state index in [1.807, 2.05) is 0 Å². The Kier molecular flexibility index (Phi) is 11.5. The van der Waals surface area contributed by atoms with Crippen molar-refractivity contribution in [3.63, 3.8) is 0 Å². The number of amides is 3. The molecule has 6 nitrogen and oxygen atoms in total. The third kappa shape index (κ3) is 13.9. The summed E-state index contributed by atoms with van der Waals surface area (Å²) in [6, 6.07) is -0.866. The van der Waals surface area contributed by atoms with Crippen molar-refractivity contribution >= 4 is 17.9 Å². The number of carbonyl (C=O) groups is 3. The standard InChI is InChI=1S/C8H14O2.C4H6N2O2/c1-4-5-6-10-8(9)7(2)3;1-2-3(7)6-4(5)8/h2,4-6H2,1,3H3;2H,1H2,(H3,5,6,7,8). The van der Waals surface area contributed by atoms with Crippen molar-refractivity contribution in [1.82, 2.24) is 5.32 Å². The van der Waals surface area contributed by atoms with Crippen LogP contribution in [-0.4, -0.2) is 24.5 Å². The van der Waals surface area contributed by atoms with E-state index in [1.54, 1.807) is 12.2 Å². The normalized spacial score (nSPS) is 8.33. The van der Waals surface area contributed by atoms with Gasteiger partial charge in [-0.2, -0.15) is 0 Å². The molecule has 3 N–H and O–H groups in total. The second-order valence-corrected chi connectivity index (χ2v) is 3.33. The van der Waals surface area contributed by atoms with Gasteiger partial charge >= 0.3 is 12.0 Å². The van der Waals surface area contributed by atoms with Crippen LogP contribution in [0.25, 0.3) is 0 Å². The molecular weight excluding hydrogens is 236 g/mol. The van der Waals surface area contributed by atoms with Crippen LogP contribution in [0.1, 0.15) is 26.7 Å². The predicted octanol–water partition coefficient (Wildman–Crippen LogP) is 1.27. The van der Waals surface area contributed by atoms with E-state index in [0.717, 1.165) is 18.9 Å². The van der Waals surface area contributed by atoms with Crippen molar-refractivity contribution in [2.24, 2.45) is 5.73 Å². The molecule has 0 fully saturated rings. The first-order chi connectivity index (χ1) is 8.34. The highest BCUT2D eigenvalue weighted by Crippen LogP contribution is 1.94. The summed E-state index contributed by atoms with van der Waals surface area (Å²) in [7, 11) is 0. The molecular formula is C12H20N2O4. The molecule has 0 aliphatic rings. The second-order valence-electron chi connectivity index (χ2n) is 3.33. The minimum Gasteiger partial charge on any atom is -0.462 e. The van der Waals surface area contributed by atoms with E-state index in [-0.39, 0.29) is 5.97 Å². The molecule has 0 rings (SSSR count). The molecule has 3 amide bonds. The smallest absolute Gasteiger partial charge is 0.333 e. The first kappa shape index (κ1) is 18.3. The first-order valence-corrected chi connectivity index (χ1v) is 5.40. The average molecular weight is 256 g/mol. The molecule has 0 aliphatic heterocycles. The van der Waals surface area contributed by atoms with Crippen molar-refractivity contribution in [3.8, 4) is 0 Å². The molecule has 0 atom stereocenters. The summed E-state index contributed by atoms with van der Waals surface area (Å²) in [5.41, 5.74) is 5.02. The molecule has 0 radical (unpaired) electrons. The SMILES string of the molecule is C=C(C)C(=O)OCCCC.C=CC(=O)NC(N)=O. The van der Waals surface area contributed by atoms with Gasteiger partial charge in [0.2, 0.25) is 0 Å². The van der Waals surface area contributed by atoms with E-state index in [0.29, 0.717) is 12.2 Å². The van der Waals surface area contributed by atoms with Crippen LogP contribution in [0.15, 0.2) is 24.8 Å². The van der Waals surface area contributed by atoms with Crippen LogP contribution in [-0.2, 0) is 14.3 Å². The van der Waals surface area contributed by atoms with E-state index in [9.17, 15) is 14.4 Å². The van der Waals surface area contributed by atoms with Crippen molar-refractivity contribution in [2.45, 2.75) is 26.7 Å². The van der Waals surface area contributed by atoms with E-state index >= 15 is 0 Å². The van der Waals surface area contributed by atoms with E-state index < -0.39 is 11.9 Å². The number of nitrogens with two attached hydrogens (primary N) is 1. The van der Waals surface area contributed by atoms with Crippen LogP contribution < -0.4 is 11.1 Å². The van der Waals surface area contributed by atoms with Crippen molar-refractivity contribution < 1.29 is 19.1 Å². The molecule has 0 unspecified atom stereocenters. The number of hydrogen-bond donors (Lipinski definition) is 2. The van der Waals surface area contributed by atoms with Gasteiger partial charge in [0.05, 0.1) is 6.61 Å². The van der Waals surface area contributed by atoms with E-state index in [4.69, 9.17) is 4.74 Å². The maximum absolute atomic E-state index is 10.7. The second kappa shape index (κ2) is 11.4. The fraction of sp³-hybridized carbons (Fsp3) is 0.417. The zero-order valence-electron chi connectivity index (χ0n) is 10.8. The van der Waals surface area contributed by atoms with Crippen molar-refractivity contribution in [2.75, 3.05) is 6.61 Å². The lowest BCUT2D eigenvalue weighted by atomic mass is 10.3. The van der Waals surface area contributed by atoms with Crippen LogP contribution in [0.5, 0.6) is 0 Å². The monoisotopic (exact) mass is 256 g/mol. The Hall–Kier alpha value is -2.11. The van der Waals surface area contributed by atoms with Gasteiger partial charge in [-0.25, -0.2) is 9.59 Å². The Balaban J connectivity index is 0. The zero-order valence-corrected chi connectivity index (χ0v) is 10.8. The van der Waals surface area contributed by atoms with Crippen LogP contribution in [0.2, 0.25) is 0 Å². The van der Waals surface area contributed by atoms with Crippen LogP contribution in [0, 0.1) is 0 Å². The minimum absolute atomic E-state index is 0.284. The van der Waals surface area contributed by atoms with Crippen molar-refractivity contribution in [3.05, 3.63) is 24.8 Å². The number of nitrogens with one attached hydrogen (secondary N) is 1. The Morgan fingerprint density at radius 2 is 1.94 bits per heavy atom. The maximum atomic E-state index is 10.7. The summed E-state index contributed by atoms with van der Waals surface area (Å²) < 4.78 is 4.81. The molecule has 6 heteroatoms. The number of imide groups is 1. The lowest BCUT2D eigenvalue weighted by Gasteiger charge is -2.01. The predicted molar refractivity (Wildman–Crippen MR) is 68.6 cm³/mol. The third-order valence-electron chi connectivity index (χ3n) is 1.51. The first-order valence-electron chi connectivity index (χ1n) is 5.40. The van der Waals surface area contributed by atoms with Crippen LogP contribution >= 0.6 is 0 Å². The number of ether oxygens (including phenoxy) is 1. The van der Waals surface area contributed by atoms with Crippen molar-refractivity contribution in [1.29, 1.82) is 0 Å². The zero-order chi connectivity index (χ0) is 14.6. The van der Waals surface area contributed by atoms with Gasteiger partial charge in [-0.15, -0.1) is 0 Å². The molecule has 0 spiro atoms. The van der Waals surface area contributed by atoms with Gasteiger partial charge in [-0.3, -0.25) is 10.1 Å². The van der Waals surface area contributed by atoms with Gasteiger partial charge in [-0.05, 0) is 19.4 Å². The maximum Gasteiger partial charge on any atom is 0.333 e. The Morgan fingerprint density at radius 1 is 1.39 bits per heavy atom. The number of unbranched alkanes of at least 4 members (excludes halogenated alkanes) is 1. The van der Waals surface area contributed by atoms with Gasteiger partial charge in [0.25, 0.3) is 5.91 Å². The Bertz CT molecular complexity index is 324. The summed E-state index contributed by atoms with van der Waals surface area (Å²) in [4.78, 5) is 30.6. The molecule has 0 saturated carbocycles. The van der Waals surface area contributed by atoms with E-state index in [2.05, 4.69) is 25.8 Å². The lowest BCUT2D eigenvalue weighted by Crippen LogP contribution is -2.33. The molecule has 102 valence electrons. The average Bonchev–Trinajstić information content (AvgIpc) is 2.29. The summed E-state index contributed by atoms with van der Waals surface area (Å²) in [6.07, 6.45) is 2.94. The minimum atomic E-state index is -0.866. The van der Waals surface area contributed by atoms with Gasteiger partial charge < -0.3 is 10.5 Å². The van der Waals surface area contributed by atoms with Crippen LogP contribution in [0.4, 0.5) is 4.79 Å². The number of carbonyl (C=O) groups excluding carboxylic acids is 3. The fourth-order valence-corrected chi connectivity index (χ4v) is 0.605. The molecule has 0 aromatic heterocycles. The van der Waals surface area contributed by atoms with Gasteiger partial charge in [0, 0.05) is 5.57 Å². The highest BCUT2D eigenvalue weighted by Gasteiger charge is 2.00. The third-order valence-corrected chi connectivity index (χ3v) is 1.51. The summed E-state index contributed by atoms with van der Waals surface area (Å²) in [5.74, 6) is -0.869. The molecule has 0 bridgehead atoms. The summed E-state index contributed by atoms with van der Waals surface area (Å²) >= 11 is 0. The van der Waals surface area contributed by atoms with Gasteiger partial charge in [0.15, 0.2) is 0 Å². The van der Waals surface area contributed by atoms with Crippen LogP contribution in [0.3, 0.4) is 0 Å². The number of urea groups is 1. The molecule has 0 saturated heterocycles. The molecule has 18 heavy (non-hydrogen) atoms. The number of esters is 1.